The van der Waals surface area contributed by atoms with Crippen LogP contribution in [0.25, 0.3) is 0 Å². The van der Waals surface area contributed by atoms with Crippen molar-refractivity contribution >= 4 is 40.5 Å². The molecule has 0 saturated heterocycles. The SMILES string of the molecule is CCCCCOc1ccccc1C(=O)NC(=S)Nc1ccc(C(=O)Nc2cccc(C(F)(F)F)c2)cc1. The summed E-state index contributed by atoms with van der Waals surface area (Å²) in [5.74, 6) is -0.534. The van der Waals surface area contributed by atoms with Crippen molar-refractivity contribution in [3.63, 3.8) is 0 Å². The molecule has 3 N–H and O–H groups in total. The van der Waals surface area contributed by atoms with Gasteiger partial charge in [0.15, 0.2) is 5.11 Å². The lowest BCUT2D eigenvalue weighted by atomic mass is 10.1. The molecule has 0 aliphatic carbocycles. The van der Waals surface area contributed by atoms with E-state index in [0.29, 0.717) is 23.6 Å². The Balaban J connectivity index is 1.56. The number of anilines is 2. The molecule has 37 heavy (non-hydrogen) atoms. The zero-order chi connectivity index (χ0) is 26.8. The summed E-state index contributed by atoms with van der Waals surface area (Å²) < 4.78 is 44.4. The zero-order valence-electron chi connectivity index (χ0n) is 20.0. The average Bonchev–Trinajstić information content (AvgIpc) is 2.87. The van der Waals surface area contributed by atoms with Crippen molar-refractivity contribution in [3.8, 4) is 5.75 Å². The van der Waals surface area contributed by atoms with E-state index in [1.807, 2.05) is 0 Å². The van der Waals surface area contributed by atoms with Crippen LogP contribution in [0, 0.1) is 0 Å². The molecule has 0 heterocycles. The summed E-state index contributed by atoms with van der Waals surface area (Å²) in [6.45, 7) is 2.60. The van der Waals surface area contributed by atoms with Gasteiger partial charge in [-0.25, -0.2) is 0 Å². The largest absolute Gasteiger partial charge is 0.493 e. The Morgan fingerprint density at radius 2 is 1.59 bits per heavy atom. The number of unbranched alkanes of at least 4 members (excludes halogenated alkanes) is 2. The molecule has 0 bridgehead atoms. The molecule has 2 amide bonds. The summed E-state index contributed by atoms with van der Waals surface area (Å²) in [7, 11) is 0. The van der Waals surface area contributed by atoms with Gasteiger partial charge in [0, 0.05) is 16.9 Å². The maximum absolute atomic E-state index is 12.9. The number of thiocarbonyl (C=S) groups is 1. The van der Waals surface area contributed by atoms with Gasteiger partial charge in [0.05, 0.1) is 17.7 Å². The van der Waals surface area contributed by atoms with Crippen LogP contribution in [0.15, 0.2) is 72.8 Å². The Hall–Kier alpha value is -3.92. The van der Waals surface area contributed by atoms with Gasteiger partial charge in [0.25, 0.3) is 11.8 Å². The molecule has 0 unspecified atom stereocenters. The molecule has 0 atom stereocenters. The molecule has 6 nitrogen and oxygen atoms in total. The molecular weight excluding hydrogens is 503 g/mol. The van der Waals surface area contributed by atoms with E-state index in [9.17, 15) is 22.8 Å². The Bertz CT molecular complexity index is 1250. The fourth-order valence-electron chi connectivity index (χ4n) is 3.33. The van der Waals surface area contributed by atoms with Crippen molar-refractivity contribution in [2.45, 2.75) is 32.4 Å². The van der Waals surface area contributed by atoms with E-state index in [0.717, 1.165) is 31.4 Å². The third-order valence-corrected chi connectivity index (χ3v) is 5.42. The van der Waals surface area contributed by atoms with Crippen molar-refractivity contribution in [2.75, 3.05) is 17.2 Å². The van der Waals surface area contributed by atoms with E-state index in [2.05, 4.69) is 22.9 Å². The highest BCUT2D eigenvalue weighted by atomic mass is 32.1. The molecule has 0 aromatic heterocycles. The van der Waals surface area contributed by atoms with Crippen molar-refractivity contribution < 1.29 is 27.5 Å². The molecule has 0 aliphatic rings. The number of rotatable bonds is 9. The maximum Gasteiger partial charge on any atom is 0.416 e. The van der Waals surface area contributed by atoms with Gasteiger partial charge in [0.1, 0.15) is 5.75 Å². The predicted molar refractivity (Wildman–Crippen MR) is 141 cm³/mol. The normalized spacial score (nSPS) is 10.9. The van der Waals surface area contributed by atoms with E-state index in [-0.39, 0.29) is 16.4 Å². The van der Waals surface area contributed by atoms with Crippen molar-refractivity contribution in [2.24, 2.45) is 0 Å². The molecule has 0 fully saturated rings. The van der Waals surface area contributed by atoms with Gasteiger partial charge in [-0.05, 0) is 73.2 Å². The van der Waals surface area contributed by atoms with Crippen molar-refractivity contribution in [1.29, 1.82) is 0 Å². The molecule has 3 aromatic rings. The van der Waals surface area contributed by atoms with Gasteiger partial charge in [-0.15, -0.1) is 0 Å². The highest BCUT2D eigenvalue weighted by Crippen LogP contribution is 2.30. The summed E-state index contributed by atoms with van der Waals surface area (Å²) in [6.07, 6.45) is -1.52. The van der Waals surface area contributed by atoms with Gasteiger partial charge in [-0.2, -0.15) is 13.2 Å². The van der Waals surface area contributed by atoms with Crippen molar-refractivity contribution in [3.05, 3.63) is 89.5 Å². The number of alkyl halides is 3. The average molecular weight is 530 g/mol. The number of amides is 2. The van der Waals surface area contributed by atoms with Crippen LogP contribution < -0.4 is 20.7 Å². The first-order valence-corrected chi connectivity index (χ1v) is 12.0. The number of nitrogens with one attached hydrogen (secondary N) is 3. The van der Waals surface area contributed by atoms with E-state index in [1.165, 1.54) is 24.3 Å². The number of ether oxygens (including phenoxy) is 1. The molecule has 3 aromatic carbocycles. The fourth-order valence-corrected chi connectivity index (χ4v) is 3.54. The van der Waals surface area contributed by atoms with Crippen LogP contribution in [0.1, 0.15) is 52.5 Å². The summed E-state index contributed by atoms with van der Waals surface area (Å²) in [4.78, 5) is 25.2. The van der Waals surface area contributed by atoms with E-state index in [4.69, 9.17) is 17.0 Å². The lowest BCUT2D eigenvalue weighted by Crippen LogP contribution is -2.34. The van der Waals surface area contributed by atoms with Gasteiger partial charge >= 0.3 is 6.18 Å². The summed E-state index contributed by atoms with van der Waals surface area (Å²) in [5.41, 5.74) is 0.258. The molecule has 0 saturated carbocycles. The third kappa shape index (κ3) is 8.32. The Morgan fingerprint density at radius 1 is 0.865 bits per heavy atom. The first-order valence-electron chi connectivity index (χ1n) is 11.6. The number of halogens is 3. The van der Waals surface area contributed by atoms with Crippen LogP contribution in [-0.2, 0) is 6.18 Å². The number of carbonyl (C=O) groups is 2. The highest BCUT2D eigenvalue weighted by Gasteiger charge is 2.30. The van der Waals surface area contributed by atoms with Gasteiger partial charge in [-0.1, -0.05) is 38.0 Å². The van der Waals surface area contributed by atoms with Crippen molar-refractivity contribution in [1.82, 2.24) is 5.32 Å². The Morgan fingerprint density at radius 3 is 2.30 bits per heavy atom. The van der Waals surface area contributed by atoms with Gasteiger partial charge in [0.2, 0.25) is 0 Å². The second kappa shape index (κ2) is 12.9. The first kappa shape index (κ1) is 27.7. The van der Waals surface area contributed by atoms with Crippen LogP contribution in [0.4, 0.5) is 24.5 Å². The minimum atomic E-state index is -4.51. The number of para-hydroxylation sites is 1. The van der Waals surface area contributed by atoms with Crippen LogP contribution in [0.2, 0.25) is 0 Å². The maximum atomic E-state index is 12.9. The van der Waals surface area contributed by atoms with E-state index < -0.39 is 23.6 Å². The van der Waals surface area contributed by atoms with E-state index >= 15 is 0 Å². The fraction of sp³-hybridized carbons (Fsp3) is 0.222. The molecular formula is C27H26F3N3O3S. The minimum Gasteiger partial charge on any atom is -0.493 e. The molecule has 3 rings (SSSR count). The summed E-state index contributed by atoms with van der Waals surface area (Å²) in [6, 6.07) is 17.3. The Kier molecular flexibility index (Phi) is 9.62. The van der Waals surface area contributed by atoms with Crippen LogP contribution in [0.3, 0.4) is 0 Å². The molecule has 0 spiro atoms. The minimum absolute atomic E-state index is 0.0283. The topological polar surface area (TPSA) is 79.5 Å². The standard InChI is InChI=1S/C27H26F3N3O3S/c1-2-3-6-16-36-23-11-5-4-10-22(23)25(35)33-26(37)32-20-14-12-18(13-15-20)24(34)31-21-9-7-8-19(17-21)27(28,29)30/h4-5,7-15,17H,2-3,6,16H2,1H3,(H,31,34)(H2,32,33,35,37). The second-order valence-electron chi connectivity index (χ2n) is 8.07. The zero-order valence-corrected chi connectivity index (χ0v) is 20.8. The molecule has 0 aliphatic heterocycles. The Labute approximate surface area is 218 Å². The summed E-state index contributed by atoms with van der Waals surface area (Å²) >= 11 is 5.24. The smallest absolute Gasteiger partial charge is 0.416 e. The monoisotopic (exact) mass is 529 g/mol. The quantitative estimate of drug-likeness (QED) is 0.214. The number of benzene rings is 3. The van der Waals surface area contributed by atoms with Crippen LogP contribution in [-0.4, -0.2) is 23.5 Å². The van der Waals surface area contributed by atoms with E-state index in [1.54, 1.807) is 36.4 Å². The van der Waals surface area contributed by atoms with Gasteiger partial charge < -0.3 is 15.4 Å². The van der Waals surface area contributed by atoms with Crippen LogP contribution >= 0.6 is 12.2 Å². The van der Waals surface area contributed by atoms with Crippen LogP contribution in [0.5, 0.6) is 5.75 Å². The number of carbonyl (C=O) groups excluding carboxylic acids is 2. The molecule has 194 valence electrons. The second-order valence-corrected chi connectivity index (χ2v) is 8.48. The summed E-state index contributed by atoms with van der Waals surface area (Å²) in [5, 5.41) is 7.96. The lowest BCUT2D eigenvalue weighted by molar-refractivity contribution is -0.137. The first-order chi connectivity index (χ1) is 17.7. The van der Waals surface area contributed by atoms with Gasteiger partial charge in [-0.3, -0.25) is 14.9 Å². The predicted octanol–water partition coefficient (Wildman–Crippen LogP) is 6.65. The number of hydrogen-bond donors (Lipinski definition) is 3. The molecule has 10 heteroatoms. The third-order valence-electron chi connectivity index (χ3n) is 5.22. The lowest BCUT2D eigenvalue weighted by Gasteiger charge is -2.13. The highest BCUT2D eigenvalue weighted by molar-refractivity contribution is 7.80. The molecule has 0 radical (unpaired) electrons. The number of hydrogen-bond acceptors (Lipinski definition) is 4.